The third-order valence-corrected chi connectivity index (χ3v) is 5.01. The number of benzene rings is 2. The number of hydrogen-bond donors (Lipinski definition) is 5. The molecule has 0 aliphatic rings. The number of aliphatic hydroxyl groups excluding tert-OH is 1. The first kappa shape index (κ1) is 19.8. The molecule has 28 heavy (non-hydrogen) atoms. The van der Waals surface area contributed by atoms with E-state index >= 15 is 0 Å². The number of nitrogens with one attached hydrogen (secondary N) is 3. The van der Waals surface area contributed by atoms with E-state index < -0.39 is 10.6 Å². The average molecular weight is 398 g/mol. The Morgan fingerprint density at radius 1 is 1.14 bits per heavy atom. The van der Waals surface area contributed by atoms with Crippen LogP contribution in [0.5, 0.6) is 0 Å². The number of anilines is 3. The monoisotopic (exact) mass is 397 g/mol. The van der Waals surface area contributed by atoms with Gasteiger partial charge in [0.15, 0.2) is 0 Å². The zero-order chi connectivity index (χ0) is 20.1. The number of nitrogens with zero attached hydrogens (tertiary/aromatic N) is 2. The molecule has 0 aliphatic heterocycles. The lowest BCUT2D eigenvalue weighted by atomic mass is 10.0. The van der Waals surface area contributed by atoms with Crippen molar-refractivity contribution in [1.29, 1.82) is 4.78 Å². The molecule has 3 aromatic rings. The second-order valence-corrected chi connectivity index (χ2v) is 7.57. The molecule has 4 N–H and O–H groups in total. The quantitative estimate of drug-likeness (QED) is 0.390. The fourth-order valence-corrected chi connectivity index (χ4v) is 3.13. The third-order valence-electron chi connectivity index (χ3n) is 4.24. The van der Waals surface area contributed by atoms with Gasteiger partial charge in [0.2, 0.25) is 5.95 Å². The lowest BCUT2D eigenvalue weighted by Gasteiger charge is -2.17. The first-order valence-electron chi connectivity index (χ1n) is 8.84. The van der Waals surface area contributed by atoms with Crippen LogP contribution in [0.1, 0.15) is 12.5 Å². The Bertz CT molecular complexity index is 1030. The lowest BCUT2D eigenvalue weighted by molar-refractivity contribution is 0.281. The van der Waals surface area contributed by atoms with Crippen LogP contribution in [-0.2, 0) is 10.6 Å². The van der Waals surface area contributed by atoms with Gasteiger partial charge in [-0.3, -0.25) is 4.78 Å². The van der Waals surface area contributed by atoms with Gasteiger partial charge >= 0.3 is 0 Å². The Balaban J connectivity index is 1.95. The van der Waals surface area contributed by atoms with Crippen LogP contribution in [0.3, 0.4) is 0 Å². The molecular weight excluding hydrogens is 374 g/mol. The van der Waals surface area contributed by atoms with Crippen molar-refractivity contribution in [2.45, 2.75) is 24.8 Å². The number of aromatic nitrogens is 2. The summed E-state index contributed by atoms with van der Waals surface area (Å²) in [4.78, 5) is 9.48. The van der Waals surface area contributed by atoms with Crippen molar-refractivity contribution in [3.63, 3.8) is 0 Å². The van der Waals surface area contributed by atoms with Crippen molar-refractivity contribution >= 4 is 28.0 Å². The van der Waals surface area contributed by atoms with Crippen molar-refractivity contribution in [2.24, 2.45) is 0 Å². The normalized spacial score (nSPS) is 13.0. The maximum absolute atomic E-state index is 11.2. The van der Waals surface area contributed by atoms with Gasteiger partial charge in [0.05, 0.1) is 17.2 Å². The van der Waals surface area contributed by atoms with E-state index in [4.69, 9.17) is 4.78 Å². The SMILES string of the molecule is Cc1ccccc1-c1cnc(Nc2ccc([SH](=N)=O)cc2)nc1N[C@H](C)CO. The fraction of sp³-hybridized carbons (Fsp3) is 0.200. The molecule has 7 nitrogen and oxygen atoms in total. The van der Waals surface area contributed by atoms with Crippen molar-refractivity contribution in [3.8, 4) is 11.1 Å². The molecule has 8 heteroatoms. The molecular formula is C20H23N5O2S. The van der Waals surface area contributed by atoms with Crippen molar-refractivity contribution < 1.29 is 9.32 Å². The molecule has 1 unspecified atom stereocenters. The Labute approximate surface area is 165 Å². The largest absolute Gasteiger partial charge is 0.394 e. The molecule has 0 saturated heterocycles. The Morgan fingerprint density at radius 3 is 2.50 bits per heavy atom. The standard InChI is InChI=1S/C20H23N5O2S/c1-13-5-3-4-6-17(13)18-11-22-20(25-19(18)23-14(2)12-26)24-15-7-9-16(10-8-15)28(21)27/h3-11,14,21,26,28H,12H2,1-2H3,(H2,22,23,24,25)/t14-/m1/s1. The van der Waals surface area contributed by atoms with Gasteiger partial charge in [-0.05, 0) is 49.2 Å². The van der Waals surface area contributed by atoms with Crippen LogP contribution in [0.4, 0.5) is 17.5 Å². The molecule has 0 radical (unpaired) electrons. The van der Waals surface area contributed by atoms with Gasteiger partial charge < -0.3 is 15.7 Å². The predicted octanol–water partition coefficient (Wildman–Crippen LogP) is 3.59. The summed E-state index contributed by atoms with van der Waals surface area (Å²) in [5, 5.41) is 15.8. The summed E-state index contributed by atoms with van der Waals surface area (Å²) in [5.74, 6) is 1.02. The molecule has 1 aromatic heterocycles. The minimum atomic E-state index is -2.11. The summed E-state index contributed by atoms with van der Waals surface area (Å²) in [6.07, 6.45) is 1.75. The van der Waals surface area contributed by atoms with Crippen LogP contribution in [0.15, 0.2) is 59.6 Å². The van der Waals surface area contributed by atoms with Gasteiger partial charge in [0.25, 0.3) is 0 Å². The smallest absolute Gasteiger partial charge is 0.229 e. The van der Waals surface area contributed by atoms with Crippen molar-refractivity contribution in [3.05, 3.63) is 60.3 Å². The van der Waals surface area contributed by atoms with E-state index in [9.17, 15) is 9.32 Å². The molecule has 0 fully saturated rings. The van der Waals surface area contributed by atoms with Crippen LogP contribution < -0.4 is 10.6 Å². The van der Waals surface area contributed by atoms with Gasteiger partial charge in [-0.25, -0.2) is 9.19 Å². The molecule has 146 valence electrons. The zero-order valence-electron chi connectivity index (χ0n) is 15.7. The summed E-state index contributed by atoms with van der Waals surface area (Å²) in [6, 6.07) is 14.6. The predicted molar refractivity (Wildman–Crippen MR) is 113 cm³/mol. The molecule has 0 bridgehead atoms. The summed E-state index contributed by atoms with van der Waals surface area (Å²) >= 11 is 0. The fourth-order valence-electron chi connectivity index (χ4n) is 2.71. The molecule has 2 atom stereocenters. The van der Waals surface area contributed by atoms with Crippen LogP contribution in [-0.4, -0.2) is 31.9 Å². The second-order valence-electron chi connectivity index (χ2n) is 6.47. The Morgan fingerprint density at radius 2 is 1.86 bits per heavy atom. The highest BCUT2D eigenvalue weighted by atomic mass is 32.2. The summed E-state index contributed by atoms with van der Waals surface area (Å²) < 4.78 is 18.5. The van der Waals surface area contributed by atoms with Crippen LogP contribution >= 0.6 is 0 Å². The van der Waals surface area contributed by atoms with E-state index in [0.717, 1.165) is 22.4 Å². The Kier molecular flexibility index (Phi) is 6.23. The number of aliphatic hydroxyl groups is 1. The average Bonchev–Trinajstić information content (AvgIpc) is 2.69. The topological polar surface area (TPSA) is 111 Å². The highest BCUT2D eigenvalue weighted by Gasteiger charge is 2.13. The highest BCUT2D eigenvalue weighted by molar-refractivity contribution is 7.73. The van der Waals surface area contributed by atoms with E-state index in [1.54, 1.807) is 30.5 Å². The summed E-state index contributed by atoms with van der Waals surface area (Å²) in [5.41, 5.74) is 3.70. The van der Waals surface area contributed by atoms with Crippen molar-refractivity contribution in [2.75, 3.05) is 17.2 Å². The first-order valence-corrected chi connectivity index (χ1v) is 10.1. The number of rotatable bonds is 7. The molecule has 3 rings (SSSR count). The number of aryl methyl sites for hydroxylation is 1. The van der Waals surface area contributed by atoms with Gasteiger partial charge in [0, 0.05) is 28.4 Å². The van der Waals surface area contributed by atoms with E-state index in [2.05, 4.69) is 20.6 Å². The summed E-state index contributed by atoms with van der Waals surface area (Å²) in [6.45, 7) is 3.88. The van der Waals surface area contributed by atoms with Gasteiger partial charge in [-0.1, -0.05) is 24.3 Å². The van der Waals surface area contributed by atoms with Crippen LogP contribution in [0, 0.1) is 11.7 Å². The molecule has 0 spiro atoms. The molecule has 1 heterocycles. The van der Waals surface area contributed by atoms with Crippen LogP contribution in [0.25, 0.3) is 11.1 Å². The van der Waals surface area contributed by atoms with E-state index in [-0.39, 0.29) is 12.6 Å². The first-order chi connectivity index (χ1) is 13.5. The van der Waals surface area contributed by atoms with Crippen molar-refractivity contribution in [1.82, 2.24) is 9.97 Å². The lowest BCUT2D eigenvalue weighted by Crippen LogP contribution is -2.21. The van der Waals surface area contributed by atoms with Crippen LogP contribution in [0.2, 0.25) is 0 Å². The maximum Gasteiger partial charge on any atom is 0.229 e. The van der Waals surface area contributed by atoms with Gasteiger partial charge in [0.1, 0.15) is 5.82 Å². The van der Waals surface area contributed by atoms with E-state index in [1.165, 1.54) is 0 Å². The van der Waals surface area contributed by atoms with Gasteiger partial charge in [-0.15, -0.1) is 0 Å². The number of thiol groups is 1. The molecule has 0 aliphatic carbocycles. The minimum absolute atomic E-state index is 0.0211. The molecule has 0 saturated carbocycles. The number of hydrogen-bond acceptors (Lipinski definition) is 7. The highest BCUT2D eigenvalue weighted by Crippen LogP contribution is 2.30. The Hall–Kier alpha value is -2.97. The maximum atomic E-state index is 11.2. The molecule has 2 aromatic carbocycles. The van der Waals surface area contributed by atoms with Gasteiger partial charge in [-0.2, -0.15) is 4.98 Å². The zero-order valence-corrected chi connectivity index (χ0v) is 16.6. The van der Waals surface area contributed by atoms with E-state index in [0.29, 0.717) is 16.7 Å². The summed E-state index contributed by atoms with van der Waals surface area (Å²) in [7, 11) is -2.11. The third kappa shape index (κ3) is 4.65. The minimum Gasteiger partial charge on any atom is -0.394 e. The molecule has 0 amide bonds. The second kappa shape index (κ2) is 8.81. The van der Waals surface area contributed by atoms with E-state index in [1.807, 2.05) is 38.1 Å².